The SMILES string of the molecule is CCOC12CC=C3C(C1)OC(=O)C3C2. The molecule has 0 N–H and O–H groups in total. The van der Waals surface area contributed by atoms with Crippen LogP contribution < -0.4 is 0 Å². The van der Waals surface area contributed by atoms with Crippen LogP contribution in [-0.4, -0.2) is 24.3 Å². The van der Waals surface area contributed by atoms with E-state index in [0.717, 1.165) is 25.9 Å². The summed E-state index contributed by atoms with van der Waals surface area (Å²) >= 11 is 0. The van der Waals surface area contributed by atoms with Crippen molar-refractivity contribution in [2.45, 2.75) is 37.9 Å². The standard InChI is InChI=1S/C11H14O3/c1-2-13-11-4-3-7-8(5-11)10(12)14-9(7)6-11/h3,8-9H,2,4-6H2,1H3. The van der Waals surface area contributed by atoms with Crippen LogP contribution in [0.1, 0.15) is 26.2 Å². The molecule has 76 valence electrons. The molecule has 3 unspecified atom stereocenters. The Kier molecular flexibility index (Phi) is 1.57. The van der Waals surface area contributed by atoms with E-state index in [9.17, 15) is 4.79 Å². The van der Waals surface area contributed by atoms with Gasteiger partial charge in [0.2, 0.25) is 0 Å². The summed E-state index contributed by atoms with van der Waals surface area (Å²) in [4.78, 5) is 11.5. The van der Waals surface area contributed by atoms with E-state index in [1.165, 1.54) is 5.57 Å². The molecule has 3 heteroatoms. The normalized spacial score (nSPS) is 43.8. The summed E-state index contributed by atoms with van der Waals surface area (Å²) in [6.45, 7) is 2.73. The summed E-state index contributed by atoms with van der Waals surface area (Å²) in [6.07, 6.45) is 4.85. The van der Waals surface area contributed by atoms with Crippen molar-refractivity contribution in [3.8, 4) is 0 Å². The van der Waals surface area contributed by atoms with Gasteiger partial charge in [0.15, 0.2) is 0 Å². The van der Waals surface area contributed by atoms with Crippen LogP contribution >= 0.6 is 0 Å². The minimum absolute atomic E-state index is 0.00838. The van der Waals surface area contributed by atoms with E-state index < -0.39 is 0 Å². The molecule has 1 aliphatic heterocycles. The Hall–Kier alpha value is -0.830. The first-order valence-electron chi connectivity index (χ1n) is 5.28. The van der Waals surface area contributed by atoms with Crippen molar-refractivity contribution in [2.24, 2.45) is 5.92 Å². The number of hydrogen-bond donors (Lipinski definition) is 0. The molecule has 4 rings (SSSR count). The molecule has 0 spiro atoms. The van der Waals surface area contributed by atoms with E-state index in [-0.39, 0.29) is 23.6 Å². The second-order valence-electron chi connectivity index (χ2n) is 4.41. The lowest BCUT2D eigenvalue weighted by atomic mass is 9.68. The highest BCUT2D eigenvalue weighted by molar-refractivity contribution is 5.81. The van der Waals surface area contributed by atoms with Crippen LogP contribution in [0, 0.1) is 5.92 Å². The quantitative estimate of drug-likeness (QED) is 0.492. The molecule has 3 aliphatic carbocycles. The Labute approximate surface area is 83.1 Å². The fraction of sp³-hybridized carbons (Fsp3) is 0.727. The Bertz CT molecular complexity index is 320. The molecule has 1 saturated carbocycles. The molecule has 1 saturated heterocycles. The van der Waals surface area contributed by atoms with Gasteiger partial charge in [-0.25, -0.2) is 0 Å². The van der Waals surface area contributed by atoms with E-state index >= 15 is 0 Å². The highest BCUT2D eigenvalue weighted by Crippen LogP contribution is 2.51. The predicted molar refractivity (Wildman–Crippen MR) is 49.7 cm³/mol. The predicted octanol–water partition coefficient (Wildman–Crippen LogP) is 1.43. The van der Waals surface area contributed by atoms with Crippen molar-refractivity contribution in [1.82, 2.24) is 0 Å². The fourth-order valence-electron chi connectivity index (χ4n) is 3.03. The third-order valence-corrected chi connectivity index (χ3v) is 3.61. The minimum Gasteiger partial charge on any atom is -0.457 e. The van der Waals surface area contributed by atoms with Crippen molar-refractivity contribution in [3.63, 3.8) is 0 Å². The number of esters is 1. The first-order chi connectivity index (χ1) is 6.74. The number of fused-ring (bicyclic) bond motifs is 1. The molecule has 3 nitrogen and oxygen atoms in total. The molecule has 4 bridgehead atoms. The van der Waals surface area contributed by atoms with Gasteiger partial charge in [0.1, 0.15) is 6.10 Å². The molecule has 2 fully saturated rings. The Morgan fingerprint density at radius 2 is 2.50 bits per heavy atom. The number of rotatable bonds is 2. The summed E-state index contributed by atoms with van der Waals surface area (Å²) < 4.78 is 11.1. The maximum absolute atomic E-state index is 11.5. The zero-order valence-corrected chi connectivity index (χ0v) is 8.29. The number of hydrogen-bond acceptors (Lipinski definition) is 3. The summed E-state index contributed by atoms with van der Waals surface area (Å²) in [5, 5.41) is 0. The number of carbonyl (C=O) groups excluding carboxylic acids is 1. The van der Waals surface area contributed by atoms with Gasteiger partial charge in [-0.15, -0.1) is 0 Å². The van der Waals surface area contributed by atoms with Gasteiger partial charge in [0.25, 0.3) is 0 Å². The lowest BCUT2D eigenvalue weighted by molar-refractivity contribution is -0.143. The lowest BCUT2D eigenvalue weighted by Crippen LogP contribution is -2.45. The van der Waals surface area contributed by atoms with Crippen molar-refractivity contribution in [1.29, 1.82) is 0 Å². The number of ether oxygens (including phenoxy) is 2. The van der Waals surface area contributed by atoms with Crippen molar-refractivity contribution < 1.29 is 14.3 Å². The van der Waals surface area contributed by atoms with Gasteiger partial charge in [0, 0.05) is 13.0 Å². The Morgan fingerprint density at radius 1 is 1.64 bits per heavy atom. The summed E-state index contributed by atoms with van der Waals surface area (Å²) in [5.74, 6) is -0.0309. The van der Waals surface area contributed by atoms with Crippen molar-refractivity contribution >= 4 is 5.97 Å². The molecule has 0 aromatic carbocycles. The first kappa shape index (κ1) is 8.48. The first-order valence-corrected chi connectivity index (χ1v) is 5.28. The van der Waals surface area contributed by atoms with Gasteiger partial charge < -0.3 is 9.47 Å². The average molecular weight is 194 g/mol. The van der Waals surface area contributed by atoms with E-state index in [4.69, 9.17) is 9.47 Å². The minimum atomic E-state index is -0.0992. The van der Waals surface area contributed by atoms with Crippen LogP contribution in [0.5, 0.6) is 0 Å². The molecule has 0 aromatic heterocycles. The molecule has 4 aliphatic rings. The molecule has 3 atom stereocenters. The van der Waals surface area contributed by atoms with Crippen molar-refractivity contribution in [2.75, 3.05) is 6.61 Å². The second-order valence-corrected chi connectivity index (χ2v) is 4.41. The Balaban J connectivity index is 1.97. The molecule has 0 aromatic rings. The number of carbonyl (C=O) groups is 1. The highest BCUT2D eigenvalue weighted by Gasteiger charge is 2.55. The van der Waals surface area contributed by atoms with Gasteiger partial charge in [-0.05, 0) is 25.3 Å². The molecule has 0 radical (unpaired) electrons. The van der Waals surface area contributed by atoms with E-state index in [2.05, 4.69) is 6.08 Å². The highest BCUT2D eigenvalue weighted by atomic mass is 16.6. The topological polar surface area (TPSA) is 35.5 Å². The molecule has 0 amide bonds. The van der Waals surface area contributed by atoms with Crippen LogP contribution in [0.2, 0.25) is 0 Å². The molecule has 1 heterocycles. The van der Waals surface area contributed by atoms with Crippen LogP contribution in [0.15, 0.2) is 11.6 Å². The van der Waals surface area contributed by atoms with E-state index in [1.54, 1.807) is 0 Å². The zero-order chi connectivity index (χ0) is 9.76. The Morgan fingerprint density at radius 3 is 3.21 bits per heavy atom. The maximum atomic E-state index is 11.5. The smallest absolute Gasteiger partial charge is 0.313 e. The molecular formula is C11H14O3. The van der Waals surface area contributed by atoms with Crippen LogP contribution in [-0.2, 0) is 14.3 Å². The third kappa shape index (κ3) is 0.934. The third-order valence-electron chi connectivity index (χ3n) is 3.61. The summed E-state index contributed by atoms with van der Waals surface area (Å²) in [6, 6.07) is 0. The largest absolute Gasteiger partial charge is 0.457 e. The average Bonchev–Trinajstić information content (AvgIpc) is 2.39. The van der Waals surface area contributed by atoms with E-state index in [1.807, 2.05) is 6.92 Å². The van der Waals surface area contributed by atoms with Gasteiger partial charge in [-0.2, -0.15) is 0 Å². The molecular weight excluding hydrogens is 180 g/mol. The summed E-state index contributed by atoms with van der Waals surface area (Å²) in [7, 11) is 0. The maximum Gasteiger partial charge on any atom is 0.313 e. The van der Waals surface area contributed by atoms with Crippen LogP contribution in [0.25, 0.3) is 0 Å². The summed E-state index contributed by atoms with van der Waals surface area (Å²) in [5.41, 5.74) is 1.12. The fourth-order valence-corrected chi connectivity index (χ4v) is 3.03. The monoisotopic (exact) mass is 194 g/mol. The van der Waals surface area contributed by atoms with Crippen LogP contribution in [0.4, 0.5) is 0 Å². The van der Waals surface area contributed by atoms with Crippen LogP contribution in [0.3, 0.4) is 0 Å². The second kappa shape index (κ2) is 2.60. The van der Waals surface area contributed by atoms with Gasteiger partial charge in [-0.3, -0.25) is 4.79 Å². The van der Waals surface area contributed by atoms with E-state index in [0.29, 0.717) is 0 Å². The van der Waals surface area contributed by atoms with Gasteiger partial charge >= 0.3 is 5.97 Å². The lowest BCUT2D eigenvalue weighted by Gasteiger charge is -2.42. The zero-order valence-electron chi connectivity index (χ0n) is 8.29. The molecule has 14 heavy (non-hydrogen) atoms. The van der Waals surface area contributed by atoms with Crippen molar-refractivity contribution in [3.05, 3.63) is 11.6 Å². The van der Waals surface area contributed by atoms with Gasteiger partial charge in [0.05, 0.1) is 11.5 Å². The van der Waals surface area contributed by atoms with Gasteiger partial charge in [-0.1, -0.05) is 6.08 Å².